The van der Waals surface area contributed by atoms with E-state index in [1.54, 1.807) is 6.08 Å². The van der Waals surface area contributed by atoms with Gasteiger partial charge in [0.15, 0.2) is 6.29 Å². The van der Waals surface area contributed by atoms with Crippen LogP contribution in [-0.4, -0.2) is 98.7 Å². The third-order valence-corrected chi connectivity index (χ3v) is 9.04. The minimum atomic E-state index is -1.62. The van der Waals surface area contributed by atoms with Gasteiger partial charge in [-0.1, -0.05) is 121 Å². The number of unbranched alkanes of at least 4 members (excludes halogenated alkanes) is 15. The number of rotatable bonds is 30. The number of hydrogen-bond acceptors (Lipinski definition) is 9. The molecule has 0 bridgehead atoms. The van der Waals surface area contributed by atoms with Gasteiger partial charge in [-0.2, -0.15) is 0 Å². The van der Waals surface area contributed by atoms with Gasteiger partial charge in [0.1, 0.15) is 30.5 Å². The number of carbonyl (C=O) groups is 1. The molecule has 0 aromatic rings. The molecule has 1 heterocycles. The number of nitrogens with one attached hydrogen (secondary N) is 1. The van der Waals surface area contributed by atoms with Crippen molar-refractivity contribution < 1.29 is 44.9 Å². The van der Waals surface area contributed by atoms with Gasteiger partial charge in [-0.05, 0) is 57.8 Å². The molecule has 1 aliphatic heterocycles. The Morgan fingerprint density at radius 2 is 1.20 bits per heavy atom. The average molecular weight is 698 g/mol. The van der Waals surface area contributed by atoms with Crippen LogP contribution in [0.3, 0.4) is 0 Å². The minimum Gasteiger partial charge on any atom is -0.394 e. The molecule has 49 heavy (non-hydrogen) atoms. The average Bonchev–Trinajstić information content (AvgIpc) is 3.10. The van der Waals surface area contributed by atoms with Gasteiger partial charge in [-0.25, -0.2) is 0 Å². The Kier molecular flexibility index (Phi) is 27.8. The van der Waals surface area contributed by atoms with Crippen LogP contribution in [0.5, 0.6) is 0 Å². The summed E-state index contributed by atoms with van der Waals surface area (Å²) < 4.78 is 11.0. The summed E-state index contributed by atoms with van der Waals surface area (Å²) in [5, 5.41) is 64.2. The molecule has 0 aromatic heterocycles. The Balaban J connectivity index is 2.58. The molecule has 1 fully saturated rings. The summed E-state index contributed by atoms with van der Waals surface area (Å²) in [6.07, 6.45) is 23.8. The number of aliphatic hydroxyl groups is 6. The molecule has 1 rings (SSSR count). The van der Waals surface area contributed by atoms with E-state index >= 15 is 0 Å². The first-order valence-electron chi connectivity index (χ1n) is 19.3. The van der Waals surface area contributed by atoms with Crippen molar-refractivity contribution in [3.05, 3.63) is 36.5 Å². The van der Waals surface area contributed by atoms with Gasteiger partial charge in [0.25, 0.3) is 0 Å². The maximum absolute atomic E-state index is 12.9. The predicted molar refractivity (Wildman–Crippen MR) is 195 cm³/mol. The number of hydrogen-bond donors (Lipinski definition) is 7. The van der Waals surface area contributed by atoms with E-state index in [9.17, 15) is 35.4 Å². The van der Waals surface area contributed by atoms with Crippen molar-refractivity contribution in [1.82, 2.24) is 5.32 Å². The summed E-state index contributed by atoms with van der Waals surface area (Å²) in [5.74, 6) is -0.647. The van der Waals surface area contributed by atoms with Crippen LogP contribution in [0, 0.1) is 0 Å². The van der Waals surface area contributed by atoms with Crippen LogP contribution in [0.25, 0.3) is 0 Å². The van der Waals surface area contributed by atoms with Crippen LogP contribution in [0.1, 0.15) is 142 Å². The molecular weight excluding hydrogens is 626 g/mol. The summed E-state index contributed by atoms with van der Waals surface area (Å²) in [6, 6.07) is -1.00. The van der Waals surface area contributed by atoms with Gasteiger partial charge in [0, 0.05) is 0 Å². The fourth-order valence-corrected chi connectivity index (χ4v) is 5.76. The van der Waals surface area contributed by atoms with Gasteiger partial charge in [0.2, 0.25) is 5.91 Å². The summed E-state index contributed by atoms with van der Waals surface area (Å²) in [5.41, 5.74) is 0. The zero-order chi connectivity index (χ0) is 36.1. The fraction of sp³-hybridized carbons (Fsp3) is 0.821. The Morgan fingerprint density at radius 1 is 0.694 bits per heavy atom. The third kappa shape index (κ3) is 21.4. The first kappa shape index (κ1) is 45.4. The Bertz CT molecular complexity index is 881. The van der Waals surface area contributed by atoms with Crippen molar-refractivity contribution in [1.29, 1.82) is 0 Å². The van der Waals surface area contributed by atoms with Crippen LogP contribution in [-0.2, 0) is 14.3 Å². The number of aliphatic hydroxyl groups excluding tert-OH is 6. The van der Waals surface area contributed by atoms with E-state index in [1.165, 1.54) is 77.0 Å². The van der Waals surface area contributed by atoms with Gasteiger partial charge < -0.3 is 45.4 Å². The first-order valence-corrected chi connectivity index (χ1v) is 19.3. The highest BCUT2D eigenvalue weighted by Crippen LogP contribution is 2.22. The lowest BCUT2D eigenvalue weighted by molar-refractivity contribution is -0.302. The van der Waals surface area contributed by atoms with E-state index in [0.717, 1.165) is 32.1 Å². The van der Waals surface area contributed by atoms with Crippen LogP contribution in [0.4, 0.5) is 0 Å². The molecule has 0 saturated carbocycles. The van der Waals surface area contributed by atoms with Crippen molar-refractivity contribution in [2.75, 3.05) is 13.2 Å². The number of ether oxygens (including phenoxy) is 2. The molecule has 8 atom stereocenters. The van der Waals surface area contributed by atoms with Gasteiger partial charge in [-0.3, -0.25) is 4.79 Å². The van der Waals surface area contributed by atoms with Crippen LogP contribution < -0.4 is 5.32 Å². The van der Waals surface area contributed by atoms with Crippen LogP contribution in [0.15, 0.2) is 36.5 Å². The quantitative estimate of drug-likeness (QED) is 0.0378. The highest BCUT2D eigenvalue weighted by atomic mass is 16.7. The van der Waals surface area contributed by atoms with E-state index in [-0.39, 0.29) is 13.0 Å². The zero-order valence-electron chi connectivity index (χ0n) is 30.5. The van der Waals surface area contributed by atoms with Gasteiger partial charge in [0.05, 0.1) is 25.4 Å². The van der Waals surface area contributed by atoms with E-state index in [1.807, 2.05) is 6.08 Å². The molecule has 0 spiro atoms. The first-order chi connectivity index (χ1) is 23.8. The predicted octanol–water partition coefficient (Wildman–Crippen LogP) is 5.52. The Hall–Kier alpha value is -1.63. The van der Waals surface area contributed by atoms with E-state index in [2.05, 4.69) is 43.5 Å². The molecule has 10 heteroatoms. The molecule has 0 aromatic carbocycles. The smallest absolute Gasteiger partial charge is 0.249 e. The van der Waals surface area contributed by atoms with Crippen molar-refractivity contribution in [2.45, 2.75) is 191 Å². The second-order valence-electron chi connectivity index (χ2n) is 13.5. The van der Waals surface area contributed by atoms with Crippen molar-refractivity contribution in [3.8, 4) is 0 Å². The third-order valence-electron chi connectivity index (χ3n) is 9.04. The number of carbonyl (C=O) groups excluding carboxylic acids is 1. The standard InChI is InChI=1S/C39H71NO9/c1-3-5-7-9-11-13-15-17-19-21-23-25-27-32(42)31(30-48-39-37(46)36(45)35(44)34(29-41)49-39)40-38(47)33(43)28-26-24-22-20-18-16-14-12-10-8-6-4-2/h17-20,25,27,31-37,39,41-46H,3-16,21-24,26,28-30H2,1-2H3,(H,40,47)/b19-17+,20-18-,27-25+. The number of amides is 1. The number of allylic oxidation sites excluding steroid dienone is 5. The Morgan fingerprint density at radius 3 is 1.78 bits per heavy atom. The molecule has 1 aliphatic rings. The molecular formula is C39H71NO9. The molecule has 1 amide bonds. The lowest BCUT2D eigenvalue weighted by atomic mass is 9.99. The van der Waals surface area contributed by atoms with Gasteiger partial charge in [-0.15, -0.1) is 0 Å². The molecule has 0 aliphatic carbocycles. The highest BCUT2D eigenvalue weighted by Gasteiger charge is 2.44. The normalized spacial score (nSPS) is 23.5. The highest BCUT2D eigenvalue weighted by molar-refractivity contribution is 5.80. The van der Waals surface area contributed by atoms with Gasteiger partial charge >= 0.3 is 0 Å². The van der Waals surface area contributed by atoms with E-state index in [0.29, 0.717) is 12.8 Å². The Labute approximate surface area is 296 Å². The van der Waals surface area contributed by atoms with E-state index in [4.69, 9.17) is 9.47 Å². The summed E-state index contributed by atoms with van der Waals surface area (Å²) in [7, 11) is 0. The summed E-state index contributed by atoms with van der Waals surface area (Å²) in [6.45, 7) is 3.51. The minimum absolute atomic E-state index is 0.272. The molecule has 0 radical (unpaired) electrons. The zero-order valence-corrected chi connectivity index (χ0v) is 30.5. The van der Waals surface area contributed by atoms with E-state index < -0.39 is 61.5 Å². The van der Waals surface area contributed by atoms with Crippen molar-refractivity contribution in [3.63, 3.8) is 0 Å². The molecule has 10 nitrogen and oxygen atoms in total. The molecule has 1 saturated heterocycles. The van der Waals surface area contributed by atoms with Crippen molar-refractivity contribution >= 4 is 5.91 Å². The van der Waals surface area contributed by atoms with Crippen LogP contribution >= 0.6 is 0 Å². The second-order valence-corrected chi connectivity index (χ2v) is 13.5. The molecule has 7 N–H and O–H groups in total. The molecule has 286 valence electrons. The van der Waals surface area contributed by atoms with Crippen molar-refractivity contribution in [2.24, 2.45) is 0 Å². The monoisotopic (exact) mass is 698 g/mol. The summed E-state index contributed by atoms with van der Waals surface area (Å²) in [4.78, 5) is 12.9. The topological polar surface area (TPSA) is 169 Å². The lowest BCUT2D eigenvalue weighted by Crippen LogP contribution is -2.60. The van der Waals surface area contributed by atoms with Crippen LogP contribution in [0.2, 0.25) is 0 Å². The summed E-state index contributed by atoms with van der Waals surface area (Å²) >= 11 is 0. The lowest BCUT2D eigenvalue weighted by Gasteiger charge is -2.40. The maximum Gasteiger partial charge on any atom is 0.249 e. The molecule has 8 unspecified atom stereocenters. The SMILES string of the molecule is CCCCCCCC/C=C\CCCCC(O)C(=O)NC(COC1OC(CO)C(O)C(O)C1O)C(O)/C=C/CC/C=C/CCCCCCCC. The largest absolute Gasteiger partial charge is 0.394 e. The second kappa shape index (κ2) is 30.0. The maximum atomic E-state index is 12.9. The fourth-order valence-electron chi connectivity index (χ4n) is 5.76.